The lowest BCUT2D eigenvalue weighted by Crippen LogP contribution is -2.49. The van der Waals surface area contributed by atoms with Crippen LogP contribution in [-0.4, -0.2) is 67.5 Å². The molecule has 0 radical (unpaired) electrons. The number of carbonyl (C=O) groups excluding carboxylic acids is 3. The number of benzene rings is 4. The number of amides is 3. The second kappa shape index (κ2) is 17.2. The van der Waals surface area contributed by atoms with E-state index >= 15 is 0 Å². The molecule has 0 saturated heterocycles. The minimum atomic E-state index is -1.24. The van der Waals surface area contributed by atoms with E-state index in [4.69, 9.17) is 23.7 Å². The lowest BCUT2D eigenvalue weighted by Gasteiger charge is -2.24. The number of methoxy groups -OCH3 is 3. The highest BCUT2D eigenvalue weighted by molar-refractivity contribution is 5.87. The third-order valence-corrected chi connectivity index (χ3v) is 8.64. The summed E-state index contributed by atoms with van der Waals surface area (Å²) in [5.41, 5.74) is 1.78. The molecule has 4 N–H and O–H groups in total. The summed E-state index contributed by atoms with van der Waals surface area (Å²) in [6.07, 6.45) is -1.09. The van der Waals surface area contributed by atoms with Gasteiger partial charge < -0.3 is 44.7 Å². The minimum absolute atomic E-state index is 0.0752. The number of rotatable bonds is 6. The van der Waals surface area contributed by atoms with Gasteiger partial charge in [-0.25, -0.2) is 4.79 Å². The zero-order valence-corrected chi connectivity index (χ0v) is 31.4. The van der Waals surface area contributed by atoms with E-state index in [0.29, 0.717) is 50.6 Å². The van der Waals surface area contributed by atoms with E-state index in [1.54, 1.807) is 81.4 Å². The zero-order chi connectivity index (χ0) is 39.9. The van der Waals surface area contributed by atoms with Crippen molar-refractivity contribution in [2.45, 2.75) is 57.8 Å². The normalized spacial score (nSPS) is 16.1. The van der Waals surface area contributed by atoms with Gasteiger partial charge in [0.15, 0.2) is 0 Å². The largest absolute Gasteiger partial charge is 0.497 e. The monoisotopic (exact) mass is 756 g/mol. The molecule has 0 saturated carbocycles. The van der Waals surface area contributed by atoms with E-state index in [0.717, 1.165) is 0 Å². The van der Waals surface area contributed by atoms with Crippen LogP contribution in [-0.2, 0) is 33.7 Å². The second-order valence-corrected chi connectivity index (χ2v) is 13.7. The first kappa shape index (κ1) is 39.8. The van der Waals surface area contributed by atoms with Gasteiger partial charge in [-0.2, -0.15) is 0 Å². The maximum atomic E-state index is 14.0. The quantitative estimate of drug-likeness (QED) is 0.142. The summed E-state index contributed by atoms with van der Waals surface area (Å²) in [6.45, 7) is 4.50. The molecule has 0 spiro atoms. The number of hydrogen-bond donors (Lipinski definition) is 4. The predicted molar refractivity (Wildman–Crippen MR) is 202 cm³/mol. The Bertz CT molecular complexity index is 2080. The highest BCUT2D eigenvalue weighted by Crippen LogP contribution is 2.43. The number of fused-ring (bicyclic) bond motifs is 9. The number of nitro benzene ring substituents is 1. The van der Waals surface area contributed by atoms with Crippen LogP contribution in [0.25, 0.3) is 11.1 Å². The van der Waals surface area contributed by atoms with E-state index in [2.05, 4.69) is 16.0 Å². The molecule has 4 aromatic rings. The van der Waals surface area contributed by atoms with Crippen LogP contribution in [0.15, 0.2) is 72.8 Å². The molecule has 2 heterocycles. The topological polar surface area (TPSA) is 197 Å². The van der Waals surface area contributed by atoms with Gasteiger partial charge in [0.2, 0.25) is 17.6 Å². The van der Waals surface area contributed by atoms with Crippen LogP contribution in [0.3, 0.4) is 0 Å². The molecule has 4 aromatic carbocycles. The lowest BCUT2D eigenvalue weighted by molar-refractivity contribution is -0.385. The molecule has 55 heavy (non-hydrogen) atoms. The first-order valence-electron chi connectivity index (χ1n) is 17.4. The number of ether oxygens (including phenoxy) is 5. The summed E-state index contributed by atoms with van der Waals surface area (Å²) in [5.74, 6) is 0.377. The maximum Gasteiger partial charge on any atom is 0.408 e. The fourth-order valence-electron chi connectivity index (χ4n) is 6.14. The van der Waals surface area contributed by atoms with Crippen LogP contribution < -0.4 is 34.9 Å². The van der Waals surface area contributed by atoms with Crippen molar-refractivity contribution in [3.05, 3.63) is 105 Å². The molecular weight excluding hydrogens is 712 g/mol. The van der Waals surface area contributed by atoms with Crippen molar-refractivity contribution in [1.82, 2.24) is 16.0 Å². The molecule has 6 rings (SSSR count). The average molecular weight is 757 g/mol. The first-order valence-corrected chi connectivity index (χ1v) is 17.4. The number of nitrogens with one attached hydrogen (secondary N) is 3. The van der Waals surface area contributed by atoms with Crippen LogP contribution >= 0.6 is 0 Å². The summed E-state index contributed by atoms with van der Waals surface area (Å²) in [6, 6.07) is 17.3. The van der Waals surface area contributed by atoms with Crippen molar-refractivity contribution in [1.29, 1.82) is 0 Å². The Morgan fingerprint density at radius 1 is 0.964 bits per heavy atom. The van der Waals surface area contributed by atoms with Gasteiger partial charge in [0.1, 0.15) is 34.6 Å². The second-order valence-electron chi connectivity index (χ2n) is 13.7. The Labute approximate surface area is 318 Å². The molecule has 0 unspecified atom stereocenters. The molecule has 2 aliphatic heterocycles. The fraction of sp³-hybridized carbons (Fsp3) is 0.325. The molecule has 6 bridgehead atoms. The number of alkyl carbamates (subject to hydrolysis) is 1. The van der Waals surface area contributed by atoms with Gasteiger partial charge in [0.05, 0.1) is 45.3 Å². The third-order valence-electron chi connectivity index (χ3n) is 8.64. The summed E-state index contributed by atoms with van der Waals surface area (Å²) >= 11 is 0. The maximum absolute atomic E-state index is 14.0. The van der Waals surface area contributed by atoms with Gasteiger partial charge in [-0.3, -0.25) is 19.7 Å². The van der Waals surface area contributed by atoms with Crippen molar-refractivity contribution in [3.63, 3.8) is 0 Å². The van der Waals surface area contributed by atoms with Gasteiger partial charge in [-0.05, 0) is 79.4 Å². The third kappa shape index (κ3) is 10.00. The van der Waals surface area contributed by atoms with E-state index in [-0.39, 0.29) is 36.6 Å². The molecule has 3 amide bonds. The summed E-state index contributed by atoms with van der Waals surface area (Å²) in [4.78, 5) is 52.0. The number of nitro groups is 1. The number of carbonyl (C=O) groups is 3. The molecule has 0 aliphatic carbocycles. The zero-order valence-electron chi connectivity index (χ0n) is 31.4. The van der Waals surface area contributed by atoms with Crippen molar-refractivity contribution in [3.8, 4) is 39.9 Å². The van der Waals surface area contributed by atoms with Gasteiger partial charge in [-0.1, -0.05) is 24.3 Å². The summed E-state index contributed by atoms with van der Waals surface area (Å²) < 4.78 is 28.5. The van der Waals surface area contributed by atoms with E-state index < -0.39 is 47.1 Å². The molecule has 290 valence electrons. The molecular formula is C40H44N4O11. The highest BCUT2D eigenvalue weighted by atomic mass is 16.6. The minimum Gasteiger partial charge on any atom is -0.497 e. The number of aliphatic hydroxyl groups excluding tert-OH is 1. The van der Waals surface area contributed by atoms with Crippen LogP contribution in [0, 0.1) is 10.1 Å². The van der Waals surface area contributed by atoms with Crippen LogP contribution in [0.1, 0.15) is 49.1 Å². The molecule has 0 fully saturated rings. The lowest BCUT2D eigenvalue weighted by atomic mass is 9.93. The van der Waals surface area contributed by atoms with Crippen LogP contribution in [0.4, 0.5) is 10.5 Å². The number of aliphatic hydroxyl groups is 1. The van der Waals surface area contributed by atoms with Gasteiger partial charge in [0.25, 0.3) is 0 Å². The van der Waals surface area contributed by atoms with Crippen LogP contribution in [0.5, 0.6) is 28.7 Å². The van der Waals surface area contributed by atoms with Gasteiger partial charge in [0, 0.05) is 36.2 Å². The Kier molecular flexibility index (Phi) is 12.5. The molecule has 15 heteroatoms. The Balaban J connectivity index is 1.66. The number of hydrogen-bond acceptors (Lipinski definition) is 11. The fourth-order valence-corrected chi connectivity index (χ4v) is 6.14. The SMILES string of the molecule is COc1cc2c(c(OC)c1)-c1cc(ccc1OC)[C@H](CO)NC(=O)Cc1cccc(c1)Oc1ccc(cc1[N+](=O)[O-])C[C@H](NC(=O)OC(C)(C)C)C(=O)NC2. The van der Waals surface area contributed by atoms with E-state index in [1.807, 2.05) is 0 Å². The van der Waals surface area contributed by atoms with E-state index in [9.17, 15) is 29.6 Å². The summed E-state index contributed by atoms with van der Waals surface area (Å²) in [5, 5.41) is 31.1. The molecule has 2 atom stereocenters. The average Bonchev–Trinajstić information content (AvgIpc) is 3.14. The first-order chi connectivity index (χ1) is 26.2. The number of nitrogens with zero attached hydrogens (tertiary/aromatic N) is 1. The smallest absolute Gasteiger partial charge is 0.408 e. The molecule has 15 nitrogen and oxygen atoms in total. The molecule has 0 aromatic heterocycles. The standard InChI is InChI=1S/C40H44N4O11/c1-40(2,3)55-39(48)43-30-15-24-10-12-34(32(16-24)44(49)50)54-27-9-7-8-23(14-27)17-36(46)42-31(22-45)25-11-13-33(52-5)29(19-25)37-26(21-41-38(30)47)18-28(51-4)20-35(37)53-6/h7-14,16,18-20,30-31,45H,15,17,21-22H2,1-6H3,(H,41,47)(H,42,46)(H,43,48)/t30-,31-/m0/s1. The van der Waals surface area contributed by atoms with Crippen molar-refractivity contribution in [2.24, 2.45) is 0 Å². The van der Waals surface area contributed by atoms with Gasteiger partial charge in [-0.15, -0.1) is 0 Å². The van der Waals surface area contributed by atoms with E-state index in [1.165, 1.54) is 33.5 Å². The van der Waals surface area contributed by atoms with Gasteiger partial charge >= 0.3 is 11.8 Å². The van der Waals surface area contributed by atoms with Crippen molar-refractivity contribution in [2.75, 3.05) is 27.9 Å². The molecule has 2 aliphatic rings. The Morgan fingerprint density at radius 3 is 2.40 bits per heavy atom. The predicted octanol–water partition coefficient (Wildman–Crippen LogP) is 5.54. The van der Waals surface area contributed by atoms with Crippen LogP contribution in [0.2, 0.25) is 0 Å². The Hall–Kier alpha value is -6.35. The Morgan fingerprint density at radius 2 is 1.73 bits per heavy atom. The highest BCUT2D eigenvalue weighted by Gasteiger charge is 2.28. The van der Waals surface area contributed by atoms with Crippen molar-refractivity contribution >= 4 is 23.6 Å². The summed E-state index contributed by atoms with van der Waals surface area (Å²) in [7, 11) is 4.46. The van der Waals surface area contributed by atoms with Crippen molar-refractivity contribution < 1.29 is 48.1 Å².